The molecule has 0 saturated carbocycles. The Morgan fingerprint density at radius 2 is 1.91 bits per heavy atom. The number of hydrogen-bond donors (Lipinski definition) is 2. The van der Waals surface area contributed by atoms with Gasteiger partial charge in [0.25, 0.3) is 5.91 Å². The molecule has 2 aromatic rings. The van der Waals surface area contributed by atoms with Crippen LogP contribution in [0.2, 0.25) is 10.0 Å². The summed E-state index contributed by atoms with van der Waals surface area (Å²) in [4.78, 5) is 27.8. The number of carbonyl (C=O) groups is 2. The van der Waals surface area contributed by atoms with E-state index in [0.717, 1.165) is 0 Å². The number of halogens is 2. The van der Waals surface area contributed by atoms with E-state index in [1.165, 1.54) is 37.4 Å². The van der Waals surface area contributed by atoms with Gasteiger partial charge >= 0.3 is 5.97 Å². The van der Waals surface area contributed by atoms with Crippen LogP contribution in [0.3, 0.4) is 0 Å². The molecular weight excluding hydrogens is 343 g/mol. The quantitative estimate of drug-likeness (QED) is 0.822. The molecule has 120 valence electrons. The lowest BCUT2D eigenvalue weighted by molar-refractivity contribution is -0.123. The number of ether oxygens (including phenoxy) is 1. The van der Waals surface area contributed by atoms with Crippen molar-refractivity contribution in [3.8, 4) is 5.75 Å². The van der Waals surface area contributed by atoms with Gasteiger partial charge in [-0.1, -0.05) is 23.2 Å². The molecule has 1 aromatic heterocycles. The van der Waals surface area contributed by atoms with Gasteiger partial charge in [-0.05, 0) is 37.3 Å². The topological polar surface area (TPSA) is 88.5 Å². The van der Waals surface area contributed by atoms with E-state index in [2.05, 4.69) is 10.3 Å². The molecular formula is C15H12Cl2N2O4. The van der Waals surface area contributed by atoms with E-state index in [-0.39, 0.29) is 22.2 Å². The second-order valence-electron chi connectivity index (χ2n) is 4.56. The minimum absolute atomic E-state index is 0.0846. The number of phenolic OH excluding ortho intramolecular Hbond substituents is 1. The van der Waals surface area contributed by atoms with Gasteiger partial charge in [0, 0.05) is 11.2 Å². The number of phenols is 1. The van der Waals surface area contributed by atoms with Crippen LogP contribution in [0.4, 0.5) is 5.82 Å². The Hall–Kier alpha value is -2.31. The molecule has 0 saturated heterocycles. The normalized spacial score (nSPS) is 11.6. The highest BCUT2D eigenvalue weighted by Gasteiger charge is 2.21. The number of benzene rings is 1. The average Bonchev–Trinajstić information content (AvgIpc) is 2.49. The molecule has 1 aromatic carbocycles. The summed E-state index contributed by atoms with van der Waals surface area (Å²) in [5, 5.41) is 12.9. The van der Waals surface area contributed by atoms with Gasteiger partial charge < -0.3 is 15.2 Å². The summed E-state index contributed by atoms with van der Waals surface area (Å²) in [6.07, 6.45) is 0.287. The van der Waals surface area contributed by atoms with Crippen molar-refractivity contribution in [2.45, 2.75) is 13.0 Å². The first-order chi connectivity index (χ1) is 10.9. The molecule has 0 radical (unpaired) electrons. The number of aromatic hydroxyl groups is 1. The first kappa shape index (κ1) is 17.1. The van der Waals surface area contributed by atoms with E-state index in [9.17, 15) is 14.7 Å². The van der Waals surface area contributed by atoms with E-state index in [0.29, 0.717) is 5.02 Å². The zero-order valence-electron chi connectivity index (χ0n) is 11.9. The number of amides is 1. The Labute approximate surface area is 142 Å². The third kappa shape index (κ3) is 4.58. The second kappa shape index (κ2) is 7.30. The predicted octanol–water partition coefficient (Wildman–Crippen LogP) is 3.28. The highest BCUT2D eigenvalue weighted by Crippen LogP contribution is 2.23. The molecule has 1 heterocycles. The lowest BCUT2D eigenvalue weighted by Gasteiger charge is -2.13. The Kier molecular flexibility index (Phi) is 5.41. The third-order valence-electron chi connectivity index (χ3n) is 2.81. The Balaban J connectivity index is 2.00. The Morgan fingerprint density at radius 1 is 1.22 bits per heavy atom. The van der Waals surface area contributed by atoms with Crippen LogP contribution in [0.25, 0.3) is 0 Å². The third-order valence-corrected chi connectivity index (χ3v) is 3.27. The summed E-state index contributed by atoms with van der Waals surface area (Å²) in [5.74, 6) is -1.46. The fourth-order valence-electron chi connectivity index (χ4n) is 1.63. The second-order valence-corrected chi connectivity index (χ2v) is 5.43. The molecule has 0 aliphatic heterocycles. The van der Waals surface area contributed by atoms with Crippen LogP contribution in [-0.4, -0.2) is 28.1 Å². The van der Waals surface area contributed by atoms with Gasteiger partial charge in [0.15, 0.2) is 6.10 Å². The number of pyridine rings is 1. The molecule has 0 aliphatic carbocycles. The van der Waals surface area contributed by atoms with Crippen LogP contribution in [0.15, 0.2) is 36.5 Å². The summed E-state index contributed by atoms with van der Waals surface area (Å²) in [5.41, 5.74) is -0.0846. The minimum atomic E-state index is -1.09. The minimum Gasteiger partial charge on any atom is -0.507 e. The number of aromatic nitrogens is 1. The smallest absolute Gasteiger partial charge is 0.342 e. The molecule has 2 rings (SSSR count). The molecule has 2 N–H and O–H groups in total. The fraction of sp³-hybridized carbons (Fsp3) is 0.133. The zero-order valence-corrected chi connectivity index (χ0v) is 13.4. The van der Waals surface area contributed by atoms with Crippen molar-refractivity contribution in [1.29, 1.82) is 0 Å². The maximum Gasteiger partial charge on any atom is 0.342 e. The Bertz CT molecular complexity index is 735. The maximum atomic E-state index is 12.0. The molecule has 1 amide bonds. The summed E-state index contributed by atoms with van der Waals surface area (Å²) in [6, 6.07) is 7.03. The van der Waals surface area contributed by atoms with Gasteiger partial charge in [-0.3, -0.25) is 4.79 Å². The predicted molar refractivity (Wildman–Crippen MR) is 85.9 cm³/mol. The summed E-state index contributed by atoms with van der Waals surface area (Å²) < 4.78 is 5.01. The van der Waals surface area contributed by atoms with E-state index >= 15 is 0 Å². The molecule has 8 heteroatoms. The van der Waals surface area contributed by atoms with Crippen molar-refractivity contribution in [3.63, 3.8) is 0 Å². The largest absolute Gasteiger partial charge is 0.507 e. The van der Waals surface area contributed by atoms with E-state index in [4.69, 9.17) is 27.9 Å². The summed E-state index contributed by atoms with van der Waals surface area (Å²) in [7, 11) is 0. The molecule has 0 aliphatic rings. The van der Waals surface area contributed by atoms with E-state index in [1.54, 1.807) is 6.07 Å². The lowest BCUT2D eigenvalue weighted by Crippen LogP contribution is -2.30. The number of nitrogens with zero attached hydrogens (tertiary/aromatic N) is 1. The van der Waals surface area contributed by atoms with Gasteiger partial charge in [-0.25, -0.2) is 9.78 Å². The molecule has 23 heavy (non-hydrogen) atoms. The van der Waals surface area contributed by atoms with Gasteiger partial charge in [0.05, 0.1) is 5.02 Å². The number of nitrogens with one attached hydrogen (secondary N) is 1. The van der Waals surface area contributed by atoms with Crippen LogP contribution in [0.5, 0.6) is 5.75 Å². The van der Waals surface area contributed by atoms with Crippen LogP contribution in [0.1, 0.15) is 17.3 Å². The number of anilines is 1. The first-order valence-corrected chi connectivity index (χ1v) is 7.24. The van der Waals surface area contributed by atoms with Crippen molar-refractivity contribution >= 4 is 40.9 Å². The standard InChI is InChI=1S/C15H12Cl2N2O4/c1-8(14(21)19-13-5-3-10(17)7-18-13)23-15(22)11-4-2-9(16)6-12(11)20/h2-8,20H,1H3,(H,18,19,21)/t8-/m1/s1. The van der Waals surface area contributed by atoms with Crippen molar-refractivity contribution in [3.05, 3.63) is 52.1 Å². The van der Waals surface area contributed by atoms with Crippen molar-refractivity contribution in [2.75, 3.05) is 5.32 Å². The first-order valence-electron chi connectivity index (χ1n) is 6.48. The fourth-order valence-corrected chi connectivity index (χ4v) is 1.91. The molecule has 0 spiro atoms. The zero-order chi connectivity index (χ0) is 17.0. The van der Waals surface area contributed by atoms with Crippen LogP contribution in [-0.2, 0) is 9.53 Å². The van der Waals surface area contributed by atoms with Gasteiger partial charge in [-0.2, -0.15) is 0 Å². The van der Waals surface area contributed by atoms with Crippen LogP contribution in [0, 0.1) is 0 Å². The lowest BCUT2D eigenvalue weighted by atomic mass is 10.2. The molecule has 0 unspecified atom stereocenters. The average molecular weight is 355 g/mol. The SMILES string of the molecule is C[C@@H](OC(=O)c1ccc(Cl)cc1O)C(=O)Nc1ccc(Cl)cn1. The van der Waals surface area contributed by atoms with Crippen LogP contribution < -0.4 is 5.32 Å². The van der Waals surface area contributed by atoms with Crippen molar-refractivity contribution < 1.29 is 19.4 Å². The molecule has 0 bridgehead atoms. The molecule has 6 nitrogen and oxygen atoms in total. The van der Waals surface area contributed by atoms with Crippen LogP contribution >= 0.6 is 23.2 Å². The van der Waals surface area contributed by atoms with Gasteiger partial charge in [0.1, 0.15) is 17.1 Å². The monoisotopic (exact) mass is 354 g/mol. The highest BCUT2D eigenvalue weighted by molar-refractivity contribution is 6.31. The van der Waals surface area contributed by atoms with E-state index in [1.807, 2.05) is 0 Å². The molecule has 0 fully saturated rings. The summed E-state index contributed by atoms with van der Waals surface area (Å²) in [6.45, 7) is 1.40. The number of carbonyl (C=O) groups excluding carboxylic acids is 2. The molecule has 1 atom stereocenters. The van der Waals surface area contributed by atoms with Gasteiger partial charge in [-0.15, -0.1) is 0 Å². The number of esters is 1. The summed E-state index contributed by atoms with van der Waals surface area (Å²) >= 11 is 11.4. The van der Waals surface area contributed by atoms with Crippen molar-refractivity contribution in [2.24, 2.45) is 0 Å². The highest BCUT2D eigenvalue weighted by atomic mass is 35.5. The van der Waals surface area contributed by atoms with Crippen molar-refractivity contribution in [1.82, 2.24) is 4.98 Å². The maximum absolute atomic E-state index is 12.0. The number of rotatable bonds is 4. The number of hydrogen-bond acceptors (Lipinski definition) is 5. The Morgan fingerprint density at radius 3 is 2.52 bits per heavy atom. The van der Waals surface area contributed by atoms with Gasteiger partial charge in [0.2, 0.25) is 0 Å². The van der Waals surface area contributed by atoms with E-state index < -0.39 is 18.0 Å².